The number of hydrogen-bond acceptors (Lipinski definition) is 3. The summed E-state index contributed by atoms with van der Waals surface area (Å²) in [5, 5.41) is 7.15. The number of amides is 1. The normalized spacial score (nSPS) is 10.6. The van der Waals surface area contributed by atoms with Crippen molar-refractivity contribution in [1.82, 2.24) is 5.16 Å². The highest BCUT2D eigenvalue weighted by Gasteiger charge is 2.22. The number of hydrogen-bond donors (Lipinski definition) is 1. The van der Waals surface area contributed by atoms with Crippen LogP contribution in [0, 0.1) is 6.92 Å². The molecule has 3 aromatic carbocycles. The van der Waals surface area contributed by atoms with E-state index >= 15 is 0 Å². The molecule has 1 heterocycles. The van der Waals surface area contributed by atoms with Gasteiger partial charge in [0.05, 0.1) is 0 Å². The summed E-state index contributed by atoms with van der Waals surface area (Å²) >= 11 is 0. The summed E-state index contributed by atoms with van der Waals surface area (Å²) in [7, 11) is 0. The molecule has 0 aliphatic rings. The van der Waals surface area contributed by atoms with Crippen LogP contribution in [0.3, 0.4) is 0 Å². The molecule has 4 nitrogen and oxygen atoms in total. The van der Waals surface area contributed by atoms with Crippen molar-refractivity contribution < 1.29 is 9.32 Å². The highest BCUT2D eigenvalue weighted by Crippen LogP contribution is 2.27. The van der Waals surface area contributed by atoms with Gasteiger partial charge in [0, 0.05) is 11.3 Å². The molecule has 0 radical (unpaired) electrons. The lowest BCUT2D eigenvalue weighted by Crippen LogP contribution is -2.15. The number of carbonyl (C=O) groups is 1. The van der Waals surface area contributed by atoms with Crippen LogP contribution in [0.1, 0.15) is 27.2 Å². The van der Waals surface area contributed by atoms with Crippen molar-refractivity contribution in [2.45, 2.75) is 13.3 Å². The van der Waals surface area contributed by atoms with Crippen LogP contribution in [0.15, 0.2) is 89.5 Å². The molecule has 4 heteroatoms. The number of rotatable bonds is 5. The maximum atomic E-state index is 13.1. The van der Waals surface area contributed by atoms with E-state index in [-0.39, 0.29) is 5.91 Å². The van der Waals surface area contributed by atoms with E-state index in [9.17, 15) is 4.79 Å². The van der Waals surface area contributed by atoms with Gasteiger partial charge in [0.25, 0.3) is 5.91 Å². The van der Waals surface area contributed by atoms with E-state index in [0.29, 0.717) is 17.0 Å². The predicted octanol–water partition coefficient (Wildman–Crippen LogP) is 5.49. The number of benzene rings is 3. The number of nitrogens with zero attached hydrogens (tertiary/aromatic N) is 1. The van der Waals surface area contributed by atoms with E-state index in [1.807, 2.05) is 72.8 Å². The fraction of sp³-hybridized carbons (Fsp3) is 0.0833. The zero-order chi connectivity index (χ0) is 19.3. The average molecular weight is 368 g/mol. The highest BCUT2D eigenvalue weighted by atomic mass is 16.5. The molecule has 4 rings (SSSR count). The molecule has 0 fully saturated rings. The van der Waals surface area contributed by atoms with Crippen LogP contribution in [-0.2, 0) is 6.42 Å². The van der Waals surface area contributed by atoms with Gasteiger partial charge < -0.3 is 9.84 Å². The average Bonchev–Trinajstić information content (AvgIpc) is 3.12. The number of para-hydroxylation sites is 1. The standard InChI is InChI=1S/C24H20N2O2/c1-17-22(23(26-28-17)19-12-6-3-7-13-19)24(27)25-21-15-9-8-14-20(21)16-18-10-4-2-5-11-18/h2-15H,16H2,1H3,(H,25,27). The van der Waals surface area contributed by atoms with E-state index < -0.39 is 0 Å². The van der Waals surface area contributed by atoms with Gasteiger partial charge in [-0.2, -0.15) is 0 Å². The lowest BCUT2D eigenvalue weighted by molar-refractivity contribution is 0.102. The highest BCUT2D eigenvalue weighted by molar-refractivity contribution is 6.09. The lowest BCUT2D eigenvalue weighted by atomic mass is 10.0. The van der Waals surface area contributed by atoms with E-state index in [4.69, 9.17) is 4.52 Å². The minimum absolute atomic E-state index is 0.224. The molecule has 1 amide bonds. The Labute approximate surface area is 163 Å². The van der Waals surface area contributed by atoms with Crippen LogP contribution in [0.2, 0.25) is 0 Å². The van der Waals surface area contributed by atoms with Gasteiger partial charge in [-0.25, -0.2) is 0 Å². The molecule has 0 spiro atoms. The third-order valence-electron chi connectivity index (χ3n) is 4.64. The fourth-order valence-corrected chi connectivity index (χ4v) is 3.23. The Morgan fingerprint density at radius 1 is 0.893 bits per heavy atom. The Balaban J connectivity index is 1.63. The smallest absolute Gasteiger partial charge is 0.261 e. The van der Waals surface area contributed by atoms with Crippen molar-refractivity contribution in [2.24, 2.45) is 0 Å². The molecule has 4 aromatic rings. The van der Waals surface area contributed by atoms with Crippen molar-refractivity contribution in [3.05, 3.63) is 107 Å². The van der Waals surface area contributed by atoms with Crippen LogP contribution in [0.25, 0.3) is 11.3 Å². The van der Waals surface area contributed by atoms with E-state index in [0.717, 1.165) is 23.2 Å². The second-order valence-electron chi connectivity index (χ2n) is 6.60. The Bertz CT molecular complexity index is 1090. The van der Waals surface area contributed by atoms with Gasteiger partial charge >= 0.3 is 0 Å². The molecule has 1 N–H and O–H groups in total. The molecule has 0 atom stereocenters. The molecular weight excluding hydrogens is 348 g/mol. The minimum Gasteiger partial charge on any atom is -0.360 e. The number of aromatic nitrogens is 1. The summed E-state index contributed by atoms with van der Waals surface area (Å²) in [5.41, 5.74) is 4.89. The van der Waals surface area contributed by atoms with Gasteiger partial charge in [-0.05, 0) is 30.5 Å². The first-order chi connectivity index (χ1) is 13.7. The zero-order valence-electron chi connectivity index (χ0n) is 15.6. The topological polar surface area (TPSA) is 55.1 Å². The first-order valence-electron chi connectivity index (χ1n) is 9.17. The lowest BCUT2D eigenvalue weighted by Gasteiger charge is -2.11. The van der Waals surface area contributed by atoms with Crippen LogP contribution in [0.5, 0.6) is 0 Å². The van der Waals surface area contributed by atoms with Crippen molar-refractivity contribution in [3.63, 3.8) is 0 Å². The van der Waals surface area contributed by atoms with Crippen LogP contribution < -0.4 is 5.32 Å². The van der Waals surface area contributed by atoms with Gasteiger partial charge in [-0.15, -0.1) is 0 Å². The first-order valence-corrected chi connectivity index (χ1v) is 9.17. The summed E-state index contributed by atoms with van der Waals surface area (Å²) in [5.74, 6) is 0.273. The van der Waals surface area contributed by atoms with E-state index in [1.54, 1.807) is 6.92 Å². The largest absolute Gasteiger partial charge is 0.360 e. The van der Waals surface area contributed by atoms with Crippen molar-refractivity contribution >= 4 is 11.6 Å². The number of carbonyl (C=O) groups excluding carboxylic acids is 1. The van der Waals surface area contributed by atoms with Crippen molar-refractivity contribution in [3.8, 4) is 11.3 Å². The zero-order valence-corrected chi connectivity index (χ0v) is 15.6. The summed E-state index contributed by atoms with van der Waals surface area (Å²) in [4.78, 5) is 13.1. The molecule has 138 valence electrons. The van der Waals surface area contributed by atoms with Gasteiger partial charge in [0.15, 0.2) is 0 Å². The summed E-state index contributed by atoms with van der Waals surface area (Å²) in [6.45, 7) is 1.75. The Hall–Kier alpha value is -3.66. The quantitative estimate of drug-likeness (QED) is 0.506. The Kier molecular flexibility index (Phi) is 5.02. The third-order valence-corrected chi connectivity index (χ3v) is 4.64. The van der Waals surface area contributed by atoms with Crippen LogP contribution in [0.4, 0.5) is 5.69 Å². The van der Waals surface area contributed by atoms with E-state index in [2.05, 4.69) is 22.6 Å². The molecule has 28 heavy (non-hydrogen) atoms. The second-order valence-corrected chi connectivity index (χ2v) is 6.60. The van der Waals surface area contributed by atoms with Gasteiger partial charge in [0.2, 0.25) is 0 Å². The van der Waals surface area contributed by atoms with Gasteiger partial charge in [-0.1, -0.05) is 84.0 Å². The molecule has 0 unspecified atom stereocenters. The van der Waals surface area contributed by atoms with Crippen LogP contribution >= 0.6 is 0 Å². The molecule has 0 aliphatic carbocycles. The molecule has 1 aromatic heterocycles. The summed E-state index contributed by atoms with van der Waals surface area (Å²) in [6, 6.07) is 27.6. The minimum atomic E-state index is -0.224. The maximum absolute atomic E-state index is 13.1. The molecule has 0 aliphatic heterocycles. The summed E-state index contributed by atoms with van der Waals surface area (Å²) in [6.07, 6.45) is 0.742. The number of aryl methyl sites for hydroxylation is 1. The Morgan fingerprint density at radius 2 is 1.54 bits per heavy atom. The van der Waals surface area contributed by atoms with Gasteiger partial charge in [0.1, 0.15) is 17.0 Å². The van der Waals surface area contributed by atoms with Crippen molar-refractivity contribution in [2.75, 3.05) is 5.32 Å². The van der Waals surface area contributed by atoms with Gasteiger partial charge in [-0.3, -0.25) is 4.79 Å². The second kappa shape index (κ2) is 7.92. The predicted molar refractivity (Wildman–Crippen MR) is 110 cm³/mol. The van der Waals surface area contributed by atoms with Crippen LogP contribution in [-0.4, -0.2) is 11.1 Å². The third kappa shape index (κ3) is 3.71. The number of nitrogens with one attached hydrogen (secondary N) is 1. The van der Waals surface area contributed by atoms with E-state index in [1.165, 1.54) is 5.56 Å². The van der Waals surface area contributed by atoms with Crippen molar-refractivity contribution in [1.29, 1.82) is 0 Å². The molecule has 0 bridgehead atoms. The monoisotopic (exact) mass is 368 g/mol. The number of anilines is 1. The summed E-state index contributed by atoms with van der Waals surface area (Å²) < 4.78 is 5.32. The fourth-order valence-electron chi connectivity index (χ4n) is 3.23. The Morgan fingerprint density at radius 3 is 2.29 bits per heavy atom. The maximum Gasteiger partial charge on any atom is 0.261 e. The molecule has 0 saturated heterocycles. The first kappa shape index (κ1) is 17.7. The SMILES string of the molecule is Cc1onc(-c2ccccc2)c1C(=O)Nc1ccccc1Cc1ccccc1. The molecule has 0 saturated carbocycles. The molecular formula is C24H20N2O2.